The van der Waals surface area contributed by atoms with Crippen molar-refractivity contribution in [2.45, 2.75) is 26.8 Å². The first kappa shape index (κ1) is 11.2. The van der Waals surface area contributed by atoms with Crippen LogP contribution in [0, 0.1) is 12.8 Å². The summed E-state index contributed by atoms with van der Waals surface area (Å²) in [7, 11) is 2.08. The lowest BCUT2D eigenvalue weighted by Crippen LogP contribution is -2.16. The fraction of sp³-hybridized carbons (Fsp3) is 0.429. The van der Waals surface area contributed by atoms with Gasteiger partial charge in [-0.1, -0.05) is 25.5 Å². The van der Waals surface area contributed by atoms with Crippen LogP contribution < -0.4 is 5.73 Å². The Labute approximate surface area is 97.1 Å². The monoisotopic (exact) mass is 216 g/mol. The second-order valence-corrected chi connectivity index (χ2v) is 4.99. The maximum absolute atomic E-state index is 6.25. The van der Waals surface area contributed by atoms with E-state index in [4.69, 9.17) is 5.73 Å². The summed E-state index contributed by atoms with van der Waals surface area (Å²) in [5, 5.41) is 1.30. The van der Waals surface area contributed by atoms with Gasteiger partial charge in [-0.3, -0.25) is 0 Å². The van der Waals surface area contributed by atoms with Gasteiger partial charge in [0.25, 0.3) is 0 Å². The first-order chi connectivity index (χ1) is 7.50. The van der Waals surface area contributed by atoms with Crippen LogP contribution in [-0.4, -0.2) is 4.57 Å². The second-order valence-electron chi connectivity index (χ2n) is 4.99. The highest BCUT2D eigenvalue weighted by Crippen LogP contribution is 2.29. The molecule has 1 atom stereocenters. The Kier molecular flexibility index (Phi) is 2.76. The van der Waals surface area contributed by atoms with E-state index in [0.29, 0.717) is 5.92 Å². The largest absolute Gasteiger partial charge is 0.350 e. The lowest BCUT2D eigenvalue weighted by molar-refractivity contribution is 0.516. The van der Waals surface area contributed by atoms with Crippen molar-refractivity contribution >= 4 is 10.9 Å². The Morgan fingerprint density at radius 1 is 1.25 bits per heavy atom. The minimum Gasteiger partial charge on any atom is -0.350 e. The predicted molar refractivity (Wildman–Crippen MR) is 69.4 cm³/mol. The van der Waals surface area contributed by atoms with Crippen molar-refractivity contribution < 1.29 is 0 Å². The summed E-state index contributed by atoms with van der Waals surface area (Å²) in [6, 6.07) is 6.66. The molecule has 0 saturated heterocycles. The predicted octanol–water partition coefficient (Wildman–Crippen LogP) is 3.14. The van der Waals surface area contributed by atoms with Crippen molar-refractivity contribution in [3.63, 3.8) is 0 Å². The standard InChI is InChI=1S/C14H20N2/c1-9(2)14(15)12-8-16(4)13-6-5-10(3)7-11(12)13/h5-9,14H,15H2,1-4H3. The highest BCUT2D eigenvalue weighted by atomic mass is 14.9. The van der Waals surface area contributed by atoms with E-state index in [2.05, 4.69) is 56.8 Å². The third kappa shape index (κ3) is 1.74. The molecule has 0 aliphatic rings. The Morgan fingerprint density at radius 2 is 1.94 bits per heavy atom. The fourth-order valence-corrected chi connectivity index (χ4v) is 2.16. The molecule has 0 aliphatic carbocycles. The number of aryl methyl sites for hydroxylation is 2. The molecule has 2 aromatic rings. The fourth-order valence-electron chi connectivity index (χ4n) is 2.16. The summed E-state index contributed by atoms with van der Waals surface area (Å²) in [5.74, 6) is 0.464. The molecule has 0 saturated carbocycles. The van der Waals surface area contributed by atoms with Gasteiger partial charge in [0.15, 0.2) is 0 Å². The second kappa shape index (κ2) is 3.95. The molecule has 2 heteroatoms. The molecule has 0 aliphatic heterocycles. The number of nitrogens with two attached hydrogens (primary N) is 1. The zero-order valence-electron chi connectivity index (χ0n) is 10.5. The van der Waals surface area contributed by atoms with Crippen molar-refractivity contribution in [2.24, 2.45) is 18.7 Å². The van der Waals surface area contributed by atoms with Crippen LogP contribution in [0.2, 0.25) is 0 Å². The summed E-state index contributed by atoms with van der Waals surface area (Å²) in [5.41, 5.74) is 10.1. The van der Waals surface area contributed by atoms with Gasteiger partial charge in [0.05, 0.1) is 0 Å². The van der Waals surface area contributed by atoms with E-state index in [1.165, 1.54) is 22.0 Å². The molecule has 1 unspecified atom stereocenters. The first-order valence-electron chi connectivity index (χ1n) is 5.82. The topological polar surface area (TPSA) is 30.9 Å². The van der Waals surface area contributed by atoms with Gasteiger partial charge in [-0.2, -0.15) is 0 Å². The van der Waals surface area contributed by atoms with Crippen molar-refractivity contribution in [3.8, 4) is 0 Å². The van der Waals surface area contributed by atoms with Crippen molar-refractivity contribution in [1.82, 2.24) is 4.57 Å². The maximum atomic E-state index is 6.25. The van der Waals surface area contributed by atoms with Gasteiger partial charge in [0, 0.05) is 30.2 Å². The summed E-state index contributed by atoms with van der Waals surface area (Å²) in [4.78, 5) is 0. The summed E-state index contributed by atoms with van der Waals surface area (Å²) in [6.45, 7) is 6.45. The summed E-state index contributed by atoms with van der Waals surface area (Å²) >= 11 is 0. The minimum absolute atomic E-state index is 0.116. The van der Waals surface area contributed by atoms with Crippen LogP contribution in [0.4, 0.5) is 0 Å². The Hall–Kier alpha value is -1.28. The molecule has 0 radical (unpaired) electrons. The first-order valence-corrected chi connectivity index (χ1v) is 5.82. The molecule has 1 heterocycles. The zero-order valence-corrected chi connectivity index (χ0v) is 10.5. The molecule has 0 spiro atoms. The Bertz CT molecular complexity index is 509. The molecule has 2 rings (SSSR count). The van der Waals surface area contributed by atoms with E-state index in [9.17, 15) is 0 Å². The van der Waals surface area contributed by atoms with Crippen LogP contribution in [0.5, 0.6) is 0 Å². The average Bonchev–Trinajstić information content (AvgIpc) is 2.54. The molecular formula is C14H20N2. The molecule has 2 N–H and O–H groups in total. The van der Waals surface area contributed by atoms with E-state index in [0.717, 1.165) is 0 Å². The van der Waals surface area contributed by atoms with E-state index in [1.807, 2.05) is 0 Å². The van der Waals surface area contributed by atoms with Gasteiger partial charge >= 0.3 is 0 Å². The van der Waals surface area contributed by atoms with Crippen LogP contribution in [-0.2, 0) is 7.05 Å². The molecule has 1 aromatic heterocycles. The van der Waals surface area contributed by atoms with Crippen LogP contribution in [0.15, 0.2) is 24.4 Å². The van der Waals surface area contributed by atoms with E-state index < -0.39 is 0 Å². The number of aromatic nitrogens is 1. The Balaban J connectivity index is 2.66. The van der Waals surface area contributed by atoms with Crippen molar-refractivity contribution in [3.05, 3.63) is 35.5 Å². The normalized spacial score (nSPS) is 13.6. The van der Waals surface area contributed by atoms with Crippen molar-refractivity contribution in [2.75, 3.05) is 0 Å². The van der Waals surface area contributed by atoms with Gasteiger partial charge in [-0.05, 0) is 30.5 Å². The van der Waals surface area contributed by atoms with E-state index in [1.54, 1.807) is 0 Å². The number of hydrogen-bond donors (Lipinski definition) is 1. The van der Waals surface area contributed by atoms with Crippen LogP contribution in [0.25, 0.3) is 10.9 Å². The zero-order chi connectivity index (χ0) is 11.9. The Morgan fingerprint density at radius 3 is 2.56 bits per heavy atom. The SMILES string of the molecule is Cc1ccc2c(c1)c(C(N)C(C)C)cn2C. The molecule has 1 aromatic carbocycles. The third-order valence-electron chi connectivity index (χ3n) is 3.25. The molecule has 0 fully saturated rings. The highest BCUT2D eigenvalue weighted by Gasteiger charge is 2.16. The van der Waals surface area contributed by atoms with Gasteiger partial charge < -0.3 is 10.3 Å². The van der Waals surface area contributed by atoms with Gasteiger partial charge in [0.2, 0.25) is 0 Å². The van der Waals surface area contributed by atoms with Crippen LogP contribution in [0.1, 0.15) is 31.0 Å². The molecule has 2 nitrogen and oxygen atoms in total. The number of fused-ring (bicyclic) bond motifs is 1. The highest BCUT2D eigenvalue weighted by molar-refractivity contribution is 5.85. The maximum Gasteiger partial charge on any atom is 0.0481 e. The number of hydrogen-bond acceptors (Lipinski definition) is 1. The average molecular weight is 216 g/mol. The molecule has 86 valence electrons. The summed E-state index contributed by atoms with van der Waals surface area (Å²) in [6.07, 6.45) is 2.16. The molecule has 16 heavy (non-hydrogen) atoms. The van der Waals surface area contributed by atoms with Gasteiger partial charge in [-0.25, -0.2) is 0 Å². The van der Waals surface area contributed by atoms with E-state index >= 15 is 0 Å². The minimum atomic E-state index is 0.116. The lowest BCUT2D eigenvalue weighted by atomic mass is 9.96. The number of nitrogens with zero attached hydrogens (tertiary/aromatic N) is 1. The third-order valence-corrected chi connectivity index (χ3v) is 3.25. The quantitative estimate of drug-likeness (QED) is 0.821. The van der Waals surface area contributed by atoms with E-state index in [-0.39, 0.29) is 6.04 Å². The number of rotatable bonds is 2. The van der Waals surface area contributed by atoms with Gasteiger partial charge in [0.1, 0.15) is 0 Å². The smallest absolute Gasteiger partial charge is 0.0481 e. The van der Waals surface area contributed by atoms with Gasteiger partial charge in [-0.15, -0.1) is 0 Å². The lowest BCUT2D eigenvalue weighted by Gasteiger charge is -2.14. The molecule has 0 amide bonds. The summed E-state index contributed by atoms with van der Waals surface area (Å²) < 4.78 is 2.16. The number of benzene rings is 1. The van der Waals surface area contributed by atoms with Crippen molar-refractivity contribution in [1.29, 1.82) is 0 Å². The molecule has 0 bridgehead atoms. The van der Waals surface area contributed by atoms with Crippen LogP contribution >= 0.6 is 0 Å². The molecular weight excluding hydrogens is 196 g/mol. The van der Waals surface area contributed by atoms with Crippen LogP contribution in [0.3, 0.4) is 0 Å².